The maximum absolute atomic E-state index is 12.4. The van der Waals surface area contributed by atoms with Gasteiger partial charge in [-0.25, -0.2) is 0 Å². The van der Waals surface area contributed by atoms with Crippen LogP contribution in [-0.2, 0) is 0 Å². The zero-order valence-corrected chi connectivity index (χ0v) is 14.1. The van der Waals surface area contributed by atoms with Gasteiger partial charge in [0.05, 0.1) is 12.8 Å². The molecule has 0 radical (unpaired) electrons. The Kier molecular flexibility index (Phi) is 4.99. The SMILES string of the molecule is COc1cccc(-c2cc(C(=O)N[C@H](C)C3=CCCCC3)[nH]n2)c1. The number of allylic oxidation sites excluding steroid dienone is 1. The number of carbonyl (C=O) groups is 1. The molecule has 0 spiro atoms. The molecule has 0 saturated heterocycles. The predicted molar refractivity (Wildman–Crippen MR) is 94.1 cm³/mol. The molecule has 1 aliphatic rings. The van der Waals surface area contributed by atoms with Crippen LogP contribution in [0.15, 0.2) is 42.0 Å². The van der Waals surface area contributed by atoms with Crippen molar-refractivity contribution < 1.29 is 9.53 Å². The third-order valence-corrected chi connectivity index (χ3v) is 4.42. The van der Waals surface area contributed by atoms with E-state index in [1.807, 2.05) is 31.2 Å². The molecule has 0 fully saturated rings. The lowest BCUT2D eigenvalue weighted by Crippen LogP contribution is -2.34. The molecule has 24 heavy (non-hydrogen) atoms. The molecule has 1 aromatic carbocycles. The van der Waals surface area contributed by atoms with E-state index in [2.05, 4.69) is 21.6 Å². The highest BCUT2D eigenvalue weighted by molar-refractivity contribution is 5.93. The van der Waals surface area contributed by atoms with Gasteiger partial charge in [0, 0.05) is 11.6 Å². The molecule has 5 nitrogen and oxygen atoms in total. The molecular formula is C19H23N3O2. The fourth-order valence-corrected chi connectivity index (χ4v) is 2.99. The summed E-state index contributed by atoms with van der Waals surface area (Å²) in [6.07, 6.45) is 6.88. The summed E-state index contributed by atoms with van der Waals surface area (Å²) in [6, 6.07) is 9.44. The summed E-state index contributed by atoms with van der Waals surface area (Å²) >= 11 is 0. The lowest BCUT2D eigenvalue weighted by Gasteiger charge is -2.20. The predicted octanol–water partition coefficient (Wildman–Crippen LogP) is 3.70. The van der Waals surface area contributed by atoms with Crippen LogP contribution >= 0.6 is 0 Å². The minimum absolute atomic E-state index is 0.0568. The van der Waals surface area contributed by atoms with Gasteiger partial charge in [0.15, 0.2) is 0 Å². The lowest BCUT2D eigenvalue weighted by molar-refractivity contribution is 0.0939. The zero-order chi connectivity index (χ0) is 16.9. The fraction of sp³-hybridized carbons (Fsp3) is 0.368. The number of ether oxygens (including phenoxy) is 1. The normalized spacial score (nSPS) is 15.5. The van der Waals surface area contributed by atoms with Crippen LogP contribution in [0.3, 0.4) is 0 Å². The zero-order valence-electron chi connectivity index (χ0n) is 14.1. The molecule has 1 aromatic heterocycles. The largest absolute Gasteiger partial charge is 0.497 e. The molecule has 126 valence electrons. The van der Waals surface area contributed by atoms with E-state index >= 15 is 0 Å². The molecule has 0 saturated carbocycles. The molecule has 1 atom stereocenters. The number of aromatic nitrogens is 2. The van der Waals surface area contributed by atoms with Crippen molar-refractivity contribution in [2.45, 2.75) is 38.6 Å². The summed E-state index contributed by atoms with van der Waals surface area (Å²) in [7, 11) is 1.63. The van der Waals surface area contributed by atoms with Gasteiger partial charge in [0.2, 0.25) is 0 Å². The van der Waals surface area contributed by atoms with Crippen molar-refractivity contribution in [3.8, 4) is 17.0 Å². The highest BCUT2D eigenvalue weighted by Crippen LogP contribution is 2.23. The van der Waals surface area contributed by atoms with E-state index in [0.29, 0.717) is 5.69 Å². The second-order valence-electron chi connectivity index (χ2n) is 6.12. The van der Waals surface area contributed by atoms with Gasteiger partial charge in [-0.15, -0.1) is 0 Å². The number of carbonyl (C=O) groups excluding carboxylic acids is 1. The Bertz CT molecular complexity index is 749. The standard InChI is InChI=1S/C19H23N3O2/c1-13(14-7-4-3-5-8-14)20-19(23)18-12-17(21-22-18)15-9-6-10-16(11-15)24-2/h6-7,9-13H,3-5,8H2,1-2H3,(H,20,23)(H,21,22)/t13-/m1/s1. The lowest BCUT2D eigenvalue weighted by atomic mass is 9.95. The Balaban J connectivity index is 1.70. The average molecular weight is 325 g/mol. The van der Waals surface area contributed by atoms with Crippen LogP contribution in [0.5, 0.6) is 5.75 Å². The van der Waals surface area contributed by atoms with Crippen molar-refractivity contribution in [1.29, 1.82) is 0 Å². The van der Waals surface area contributed by atoms with E-state index in [4.69, 9.17) is 4.74 Å². The summed E-state index contributed by atoms with van der Waals surface area (Å²) in [5, 5.41) is 10.1. The van der Waals surface area contributed by atoms with Crippen molar-refractivity contribution in [2.75, 3.05) is 7.11 Å². The Labute approximate surface area is 142 Å². The molecule has 0 unspecified atom stereocenters. The number of aromatic amines is 1. The number of hydrogen-bond acceptors (Lipinski definition) is 3. The fourth-order valence-electron chi connectivity index (χ4n) is 2.99. The summed E-state index contributed by atoms with van der Waals surface area (Å²) in [4.78, 5) is 12.4. The van der Waals surface area contributed by atoms with Crippen LogP contribution in [0.1, 0.15) is 43.1 Å². The van der Waals surface area contributed by atoms with Crippen molar-refractivity contribution in [3.05, 3.63) is 47.7 Å². The van der Waals surface area contributed by atoms with Crippen molar-refractivity contribution in [2.24, 2.45) is 0 Å². The number of methoxy groups -OCH3 is 1. The van der Waals surface area contributed by atoms with E-state index in [0.717, 1.165) is 29.8 Å². The maximum atomic E-state index is 12.4. The van der Waals surface area contributed by atoms with E-state index < -0.39 is 0 Å². The van der Waals surface area contributed by atoms with Gasteiger partial charge in [0.25, 0.3) is 5.91 Å². The summed E-state index contributed by atoms with van der Waals surface area (Å²) in [5.41, 5.74) is 3.43. The second kappa shape index (κ2) is 7.34. The third kappa shape index (κ3) is 3.67. The average Bonchev–Trinajstić information content (AvgIpc) is 3.13. The molecule has 3 rings (SSSR count). The topological polar surface area (TPSA) is 67.0 Å². The number of rotatable bonds is 5. The highest BCUT2D eigenvalue weighted by Gasteiger charge is 2.17. The highest BCUT2D eigenvalue weighted by atomic mass is 16.5. The first kappa shape index (κ1) is 16.3. The minimum atomic E-state index is -0.129. The minimum Gasteiger partial charge on any atom is -0.497 e. The van der Waals surface area contributed by atoms with Gasteiger partial charge < -0.3 is 10.1 Å². The van der Waals surface area contributed by atoms with Gasteiger partial charge in [-0.2, -0.15) is 5.10 Å². The Morgan fingerprint density at radius 1 is 1.33 bits per heavy atom. The van der Waals surface area contributed by atoms with Crippen LogP contribution < -0.4 is 10.1 Å². The van der Waals surface area contributed by atoms with E-state index in [1.165, 1.54) is 18.4 Å². The van der Waals surface area contributed by atoms with Gasteiger partial charge >= 0.3 is 0 Å². The maximum Gasteiger partial charge on any atom is 0.269 e. The summed E-state index contributed by atoms with van der Waals surface area (Å²) in [6.45, 7) is 2.04. The van der Waals surface area contributed by atoms with Crippen molar-refractivity contribution in [1.82, 2.24) is 15.5 Å². The Hall–Kier alpha value is -2.56. The van der Waals surface area contributed by atoms with Crippen molar-refractivity contribution in [3.63, 3.8) is 0 Å². The second-order valence-corrected chi connectivity index (χ2v) is 6.12. The Morgan fingerprint density at radius 2 is 2.21 bits per heavy atom. The number of H-pyrrole nitrogens is 1. The first-order valence-corrected chi connectivity index (χ1v) is 8.37. The van der Waals surface area contributed by atoms with Crippen LogP contribution in [-0.4, -0.2) is 29.3 Å². The summed E-state index contributed by atoms with van der Waals surface area (Å²) < 4.78 is 5.23. The van der Waals surface area contributed by atoms with Crippen LogP contribution in [0.4, 0.5) is 0 Å². The van der Waals surface area contributed by atoms with Gasteiger partial charge in [0.1, 0.15) is 11.4 Å². The molecule has 0 bridgehead atoms. The number of nitrogens with zero attached hydrogens (tertiary/aromatic N) is 1. The third-order valence-electron chi connectivity index (χ3n) is 4.42. The number of hydrogen-bond donors (Lipinski definition) is 2. The van der Waals surface area contributed by atoms with Crippen LogP contribution in [0.25, 0.3) is 11.3 Å². The molecule has 0 aliphatic heterocycles. The summed E-state index contributed by atoms with van der Waals surface area (Å²) in [5.74, 6) is 0.634. The smallest absolute Gasteiger partial charge is 0.269 e. The number of benzene rings is 1. The van der Waals surface area contributed by atoms with Gasteiger partial charge in [-0.3, -0.25) is 9.89 Å². The van der Waals surface area contributed by atoms with E-state index in [9.17, 15) is 4.79 Å². The molecular weight excluding hydrogens is 302 g/mol. The van der Waals surface area contributed by atoms with Crippen LogP contribution in [0, 0.1) is 0 Å². The number of amides is 1. The molecule has 5 heteroatoms. The van der Waals surface area contributed by atoms with Crippen LogP contribution in [0.2, 0.25) is 0 Å². The van der Waals surface area contributed by atoms with Crippen molar-refractivity contribution >= 4 is 5.91 Å². The monoisotopic (exact) mass is 325 g/mol. The van der Waals surface area contributed by atoms with E-state index in [-0.39, 0.29) is 11.9 Å². The first-order chi connectivity index (χ1) is 11.7. The van der Waals surface area contributed by atoms with Gasteiger partial charge in [-0.1, -0.05) is 23.8 Å². The van der Waals surface area contributed by atoms with Gasteiger partial charge in [-0.05, 0) is 50.8 Å². The molecule has 1 heterocycles. The molecule has 2 aromatic rings. The molecule has 2 N–H and O–H groups in total. The van der Waals surface area contributed by atoms with E-state index in [1.54, 1.807) is 13.2 Å². The number of nitrogens with one attached hydrogen (secondary N) is 2. The Morgan fingerprint density at radius 3 is 2.96 bits per heavy atom. The molecule has 1 amide bonds. The quantitative estimate of drug-likeness (QED) is 0.824. The molecule has 1 aliphatic carbocycles. The first-order valence-electron chi connectivity index (χ1n) is 8.37.